The molecule has 0 bridgehead atoms. The molecule has 0 unspecified atom stereocenters. The standard InChI is InChI=1S/C15H17ClN2O2S/c1-3-18(7-8-19)15(20)13-10(2)17-14(21-13)11-5-4-6-12(16)9-11/h4-6,9,19H,3,7-8H2,1-2H3. The van der Waals surface area contributed by atoms with E-state index in [9.17, 15) is 4.79 Å². The minimum atomic E-state index is -0.0881. The Hall–Kier alpha value is -1.43. The van der Waals surface area contributed by atoms with Gasteiger partial charge in [-0.05, 0) is 26.0 Å². The molecule has 1 heterocycles. The normalized spacial score (nSPS) is 10.7. The Morgan fingerprint density at radius 2 is 2.24 bits per heavy atom. The van der Waals surface area contributed by atoms with Gasteiger partial charge in [0.25, 0.3) is 5.91 Å². The van der Waals surface area contributed by atoms with Crippen LogP contribution in [-0.2, 0) is 0 Å². The highest BCUT2D eigenvalue weighted by molar-refractivity contribution is 7.17. The van der Waals surface area contributed by atoms with Crippen molar-refractivity contribution in [1.82, 2.24) is 9.88 Å². The molecule has 6 heteroatoms. The number of aliphatic hydroxyl groups excluding tert-OH is 1. The van der Waals surface area contributed by atoms with Gasteiger partial charge in [0.2, 0.25) is 0 Å². The number of thiazole rings is 1. The van der Waals surface area contributed by atoms with Gasteiger partial charge in [-0.15, -0.1) is 11.3 Å². The Morgan fingerprint density at radius 1 is 1.48 bits per heavy atom. The van der Waals surface area contributed by atoms with Gasteiger partial charge in [-0.3, -0.25) is 4.79 Å². The minimum Gasteiger partial charge on any atom is -0.395 e. The van der Waals surface area contributed by atoms with Crippen LogP contribution in [0.15, 0.2) is 24.3 Å². The lowest BCUT2D eigenvalue weighted by Gasteiger charge is -2.18. The second-order valence-electron chi connectivity index (χ2n) is 4.55. The lowest BCUT2D eigenvalue weighted by molar-refractivity contribution is 0.0736. The number of rotatable bonds is 5. The van der Waals surface area contributed by atoms with Crippen molar-refractivity contribution in [3.8, 4) is 10.6 Å². The topological polar surface area (TPSA) is 53.4 Å². The molecule has 1 amide bonds. The van der Waals surface area contributed by atoms with E-state index in [1.807, 2.05) is 32.0 Å². The van der Waals surface area contributed by atoms with Crippen molar-refractivity contribution in [2.75, 3.05) is 19.7 Å². The highest BCUT2D eigenvalue weighted by Gasteiger charge is 2.20. The zero-order valence-corrected chi connectivity index (χ0v) is 13.5. The zero-order valence-electron chi connectivity index (χ0n) is 12.0. The van der Waals surface area contributed by atoms with Crippen molar-refractivity contribution in [3.63, 3.8) is 0 Å². The van der Waals surface area contributed by atoms with E-state index in [0.29, 0.717) is 28.7 Å². The summed E-state index contributed by atoms with van der Waals surface area (Å²) in [6, 6.07) is 7.42. The van der Waals surface area contributed by atoms with Crippen LogP contribution in [0.25, 0.3) is 10.6 Å². The first-order valence-corrected chi connectivity index (χ1v) is 7.89. The molecule has 1 aromatic carbocycles. The van der Waals surface area contributed by atoms with Gasteiger partial charge in [0.05, 0.1) is 12.3 Å². The molecule has 0 aliphatic carbocycles. The molecule has 21 heavy (non-hydrogen) atoms. The Bertz CT molecular complexity index is 642. The number of carbonyl (C=O) groups is 1. The summed E-state index contributed by atoms with van der Waals surface area (Å²) in [5.41, 5.74) is 1.61. The Labute approximate surface area is 133 Å². The third-order valence-corrected chi connectivity index (χ3v) is 4.53. The van der Waals surface area contributed by atoms with Crippen LogP contribution < -0.4 is 0 Å². The lowest BCUT2D eigenvalue weighted by Crippen LogP contribution is -2.33. The van der Waals surface area contributed by atoms with Gasteiger partial charge in [0, 0.05) is 23.7 Å². The van der Waals surface area contributed by atoms with Crippen molar-refractivity contribution in [2.24, 2.45) is 0 Å². The maximum Gasteiger partial charge on any atom is 0.265 e. The van der Waals surface area contributed by atoms with Crippen molar-refractivity contribution in [3.05, 3.63) is 39.9 Å². The first-order chi connectivity index (χ1) is 10.1. The van der Waals surface area contributed by atoms with E-state index in [4.69, 9.17) is 16.7 Å². The molecule has 0 radical (unpaired) electrons. The molecule has 0 saturated carbocycles. The SMILES string of the molecule is CCN(CCO)C(=O)c1sc(-c2cccc(Cl)c2)nc1C. The van der Waals surface area contributed by atoms with Gasteiger partial charge < -0.3 is 10.0 Å². The van der Waals surface area contributed by atoms with Crippen LogP contribution in [0.3, 0.4) is 0 Å². The molecular weight excluding hydrogens is 308 g/mol. The predicted molar refractivity (Wildman–Crippen MR) is 86.0 cm³/mol. The van der Waals surface area contributed by atoms with Crippen molar-refractivity contribution < 1.29 is 9.90 Å². The summed E-state index contributed by atoms with van der Waals surface area (Å²) >= 11 is 7.35. The van der Waals surface area contributed by atoms with Crippen molar-refractivity contribution in [1.29, 1.82) is 0 Å². The summed E-state index contributed by atoms with van der Waals surface area (Å²) < 4.78 is 0. The second-order valence-corrected chi connectivity index (χ2v) is 5.99. The fraction of sp³-hybridized carbons (Fsp3) is 0.333. The maximum atomic E-state index is 12.5. The molecule has 0 aliphatic rings. The number of hydrogen-bond acceptors (Lipinski definition) is 4. The molecule has 4 nitrogen and oxygen atoms in total. The van der Waals surface area contributed by atoms with Crippen LogP contribution in [0.2, 0.25) is 5.02 Å². The number of benzene rings is 1. The van der Waals surface area contributed by atoms with E-state index in [2.05, 4.69) is 4.98 Å². The largest absolute Gasteiger partial charge is 0.395 e. The Balaban J connectivity index is 2.33. The fourth-order valence-corrected chi connectivity index (χ4v) is 3.23. The van der Waals surface area contributed by atoms with Crippen LogP contribution in [0.5, 0.6) is 0 Å². The van der Waals surface area contributed by atoms with Crippen LogP contribution in [0.4, 0.5) is 0 Å². The number of aryl methyl sites for hydroxylation is 1. The van der Waals surface area contributed by atoms with Gasteiger partial charge in [-0.25, -0.2) is 4.98 Å². The van der Waals surface area contributed by atoms with E-state index in [-0.39, 0.29) is 12.5 Å². The van der Waals surface area contributed by atoms with E-state index in [1.165, 1.54) is 11.3 Å². The number of amides is 1. The second kappa shape index (κ2) is 7.02. The minimum absolute atomic E-state index is 0.0431. The third-order valence-electron chi connectivity index (χ3n) is 3.10. The van der Waals surface area contributed by atoms with Gasteiger partial charge in [0.1, 0.15) is 9.88 Å². The van der Waals surface area contributed by atoms with Crippen LogP contribution in [-0.4, -0.2) is 40.6 Å². The molecule has 2 aromatic rings. The van der Waals surface area contributed by atoms with Crippen LogP contribution in [0.1, 0.15) is 22.3 Å². The number of aliphatic hydroxyl groups is 1. The fourth-order valence-electron chi connectivity index (χ4n) is 2.01. The number of carbonyl (C=O) groups excluding carboxylic acids is 1. The molecule has 112 valence electrons. The predicted octanol–water partition coefficient (Wildman–Crippen LogP) is 3.23. The number of hydrogen-bond donors (Lipinski definition) is 1. The van der Waals surface area contributed by atoms with Gasteiger partial charge in [-0.2, -0.15) is 0 Å². The number of likely N-dealkylation sites (N-methyl/N-ethyl adjacent to an activating group) is 1. The van der Waals surface area contributed by atoms with E-state index in [0.717, 1.165) is 10.6 Å². The number of halogens is 1. The summed E-state index contributed by atoms with van der Waals surface area (Å²) in [7, 11) is 0. The molecule has 1 aromatic heterocycles. The first-order valence-electron chi connectivity index (χ1n) is 6.70. The molecule has 1 N–H and O–H groups in total. The lowest BCUT2D eigenvalue weighted by atomic mass is 10.2. The summed E-state index contributed by atoms with van der Waals surface area (Å²) in [6.07, 6.45) is 0. The Kier molecular flexibility index (Phi) is 5.33. The summed E-state index contributed by atoms with van der Waals surface area (Å²) in [5, 5.41) is 10.4. The average molecular weight is 325 g/mol. The summed E-state index contributed by atoms with van der Waals surface area (Å²) in [4.78, 5) is 19.2. The van der Waals surface area contributed by atoms with Crippen molar-refractivity contribution >= 4 is 28.8 Å². The van der Waals surface area contributed by atoms with Gasteiger partial charge in [0.15, 0.2) is 0 Å². The molecule has 0 aliphatic heterocycles. The number of aromatic nitrogens is 1. The highest BCUT2D eigenvalue weighted by atomic mass is 35.5. The molecule has 0 fully saturated rings. The highest BCUT2D eigenvalue weighted by Crippen LogP contribution is 2.30. The van der Waals surface area contributed by atoms with Crippen LogP contribution >= 0.6 is 22.9 Å². The molecular formula is C15H17ClN2O2S. The van der Waals surface area contributed by atoms with E-state index in [1.54, 1.807) is 11.0 Å². The molecule has 0 spiro atoms. The Morgan fingerprint density at radius 3 is 2.86 bits per heavy atom. The van der Waals surface area contributed by atoms with Gasteiger partial charge in [-0.1, -0.05) is 23.7 Å². The first kappa shape index (κ1) is 15.9. The third kappa shape index (κ3) is 3.61. The molecule has 0 atom stereocenters. The average Bonchev–Trinajstić information content (AvgIpc) is 2.86. The monoisotopic (exact) mass is 324 g/mol. The van der Waals surface area contributed by atoms with E-state index < -0.39 is 0 Å². The van der Waals surface area contributed by atoms with E-state index >= 15 is 0 Å². The zero-order chi connectivity index (χ0) is 15.4. The van der Waals surface area contributed by atoms with Gasteiger partial charge >= 0.3 is 0 Å². The number of nitrogens with zero attached hydrogens (tertiary/aromatic N) is 2. The maximum absolute atomic E-state index is 12.5. The van der Waals surface area contributed by atoms with Crippen LogP contribution in [0, 0.1) is 6.92 Å². The summed E-state index contributed by atoms with van der Waals surface area (Å²) in [6.45, 7) is 4.56. The molecule has 0 saturated heterocycles. The smallest absolute Gasteiger partial charge is 0.265 e. The quantitative estimate of drug-likeness (QED) is 0.918. The summed E-state index contributed by atoms with van der Waals surface area (Å²) in [5.74, 6) is -0.0881. The molecule has 2 rings (SSSR count). The van der Waals surface area contributed by atoms with Crippen molar-refractivity contribution in [2.45, 2.75) is 13.8 Å².